The molecule has 1 aliphatic rings. The van der Waals surface area contributed by atoms with Gasteiger partial charge in [-0.25, -0.2) is 8.42 Å². The molecule has 1 amide bonds. The number of nitrogens with one attached hydrogen (secondary N) is 1. The summed E-state index contributed by atoms with van der Waals surface area (Å²) in [6, 6.07) is 6.02. The van der Waals surface area contributed by atoms with Gasteiger partial charge in [0, 0.05) is 11.6 Å². The average Bonchev–Trinajstić information content (AvgIpc) is 3.03. The second-order valence-corrected chi connectivity index (χ2v) is 8.61. The lowest BCUT2D eigenvalue weighted by atomic mass is 10.1. The summed E-state index contributed by atoms with van der Waals surface area (Å²) in [5, 5.41) is 3.26. The molecule has 0 spiro atoms. The van der Waals surface area contributed by atoms with Crippen LogP contribution in [0.4, 0.5) is 0 Å². The van der Waals surface area contributed by atoms with Gasteiger partial charge in [0.25, 0.3) is 0 Å². The van der Waals surface area contributed by atoms with Crippen molar-refractivity contribution in [2.45, 2.75) is 48.2 Å². The first-order valence-electron chi connectivity index (χ1n) is 7.92. The minimum Gasteiger partial charge on any atom is -0.355 e. The first-order chi connectivity index (χ1) is 10.9. The Bertz CT molecular complexity index is 638. The molecule has 23 heavy (non-hydrogen) atoms. The molecule has 3 N–H and O–H groups in total. The number of carbonyl (C=O) groups excluding carboxylic acids is 1. The fourth-order valence-electron chi connectivity index (χ4n) is 3.04. The van der Waals surface area contributed by atoms with E-state index >= 15 is 0 Å². The molecule has 7 heteroatoms. The maximum Gasteiger partial charge on any atom is 0.241 e. The molecule has 1 fully saturated rings. The highest BCUT2D eigenvalue weighted by Crippen LogP contribution is 2.41. The number of sulfone groups is 1. The lowest BCUT2D eigenvalue weighted by Crippen LogP contribution is -2.50. The van der Waals surface area contributed by atoms with Crippen LogP contribution in [0.3, 0.4) is 0 Å². The standard InChI is InChI=1S/C16H23ClN2O3S/c17-13-5-7-14(8-6-13)23(21,22)16(9-1-2-10-16)15(20)19-12-4-3-11-18/h5-8H,1-4,9-12,18H2,(H,19,20). The molecule has 0 bridgehead atoms. The summed E-state index contributed by atoms with van der Waals surface area (Å²) < 4.78 is 24.8. The highest BCUT2D eigenvalue weighted by molar-refractivity contribution is 7.93. The van der Waals surface area contributed by atoms with Crippen molar-refractivity contribution in [3.05, 3.63) is 29.3 Å². The van der Waals surface area contributed by atoms with Crippen LogP contribution in [0.2, 0.25) is 5.02 Å². The Morgan fingerprint density at radius 3 is 2.35 bits per heavy atom. The summed E-state index contributed by atoms with van der Waals surface area (Å²) in [6.07, 6.45) is 3.75. The molecule has 0 aliphatic heterocycles. The fraction of sp³-hybridized carbons (Fsp3) is 0.562. The third kappa shape index (κ3) is 3.70. The van der Waals surface area contributed by atoms with E-state index < -0.39 is 14.6 Å². The third-order valence-corrected chi connectivity index (χ3v) is 7.15. The van der Waals surface area contributed by atoms with E-state index in [1.54, 1.807) is 0 Å². The number of nitrogens with two attached hydrogens (primary N) is 1. The predicted molar refractivity (Wildman–Crippen MR) is 91.1 cm³/mol. The number of benzene rings is 1. The number of halogens is 1. The van der Waals surface area contributed by atoms with Crippen LogP contribution in [-0.2, 0) is 14.6 Å². The number of hydrogen-bond donors (Lipinski definition) is 2. The van der Waals surface area contributed by atoms with Gasteiger partial charge < -0.3 is 11.1 Å². The molecule has 0 radical (unpaired) electrons. The molecule has 5 nitrogen and oxygen atoms in total. The Balaban J connectivity index is 2.25. The second kappa shape index (κ2) is 7.64. The van der Waals surface area contributed by atoms with Crippen LogP contribution >= 0.6 is 11.6 Å². The molecule has 1 saturated carbocycles. The molecule has 0 atom stereocenters. The van der Waals surface area contributed by atoms with E-state index in [4.69, 9.17) is 17.3 Å². The van der Waals surface area contributed by atoms with Crippen molar-refractivity contribution in [3.8, 4) is 0 Å². The van der Waals surface area contributed by atoms with Gasteiger partial charge in [-0.2, -0.15) is 0 Å². The largest absolute Gasteiger partial charge is 0.355 e. The minimum absolute atomic E-state index is 0.154. The summed E-state index contributed by atoms with van der Waals surface area (Å²) in [7, 11) is -3.75. The Hall–Kier alpha value is -1.11. The van der Waals surface area contributed by atoms with E-state index in [-0.39, 0.29) is 10.8 Å². The summed E-state index contributed by atoms with van der Waals surface area (Å²) in [5.74, 6) is -0.387. The van der Waals surface area contributed by atoms with E-state index in [9.17, 15) is 13.2 Å². The molecule has 2 rings (SSSR count). The van der Waals surface area contributed by atoms with E-state index in [1.807, 2.05) is 0 Å². The molecule has 1 aromatic rings. The van der Waals surface area contributed by atoms with Crippen LogP contribution in [0, 0.1) is 0 Å². The normalized spacial score (nSPS) is 17.1. The van der Waals surface area contributed by atoms with Gasteiger partial charge in [0.2, 0.25) is 5.91 Å². The Morgan fingerprint density at radius 2 is 1.78 bits per heavy atom. The molecule has 128 valence electrons. The monoisotopic (exact) mass is 358 g/mol. The van der Waals surface area contributed by atoms with E-state index in [0.717, 1.165) is 25.7 Å². The maximum absolute atomic E-state index is 13.1. The predicted octanol–water partition coefficient (Wildman–Crippen LogP) is 2.28. The van der Waals surface area contributed by atoms with E-state index in [1.165, 1.54) is 24.3 Å². The minimum atomic E-state index is -3.75. The van der Waals surface area contributed by atoms with Crippen LogP contribution in [0.1, 0.15) is 38.5 Å². The number of unbranched alkanes of at least 4 members (excludes halogenated alkanes) is 1. The van der Waals surface area contributed by atoms with Gasteiger partial charge >= 0.3 is 0 Å². The van der Waals surface area contributed by atoms with Crippen molar-refractivity contribution in [2.75, 3.05) is 13.1 Å². The van der Waals surface area contributed by atoms with Crippen LogP contribution < -0.4 is 11.1 Å². The molecular weight excluding hydrogens is 336 g/mol. The Morgan fingerprint density at radius 1 is 1.17 bits per heavy atom. The van der Waals surface area contributed by atoms with Gasteiger partial charge in [0.15, 0.2) is 14.6 Å². The Kier molecular flexibility index (Phi) is 6.06. The smallest absolute Gasteiger partial charge is 0.241 e. The van der Waals surface area contributed by atoms with Crippen molar-refractivity contribution in [1.82, 2.24) is 5.32 Å². The highest BCUT2D eigenvalue weighted by Gasteiger charge is 2.52. The van der Waals surface area contributed by atoms with E-state index in [0.29, 0.717) is 31.0 Å². The van der Waals surface area contributed by atoms with Crippen LogP contribution in [-0.4, -0.2) is 32.2 Å². The molecule has 1 aromatic carbocycles. The molecule has 1 aliphatic carbocycles. The summed E-state index contributed by atoms with van der Waals surface area (Å²) >= 11 is 5.83. The number of carbonyl (C=O) groups is 1. The van der Waals surface area contributed by atoms with Gasteiger partial charge in [-0.15, -0.1) is 0 Å². The number of rotatable bonds is 7. The van der Waals surface area contributed by atoms with Crippen LogP contribution in [0.5, 0.6) is 0 Å². The molecule has 0 aromatic heterocycles. The fourth-order valence-corrected chi connectivity index (χ4v) is 5.25. The lowest BCUT2D eigenvalue weighted by Gasteiger charge is -2.27. The Labute approximate surface area is 142 Å². The second-order valence-electron chi connectivity index (χ2n) is 5.91. The van der Waals surface area contributed by atoms with Crippen LogP contribution in [0.15, 0.2) is 29.2 Å². The van der Waals surface area contributed by atoms with Gasteiger partial charge in [0.05, 0.1) is 4.90 Å². The molecule has 0 heterocycles. The molecular formula is C16H23ClN2O3S. The maximum atomic E-state index is 13.1. The zero-order valence-electron chi connectivity index (χ0n) is 13.1. The van der Waals surface area contributed by atoms with Gasteiger partial charge in [-0.1, -0.05) is 24.4 Å². The third-order valence-electron chi connectivity index (χ3n) is 4.38. The van der Waals surface area contributed by atoms with Crippen molar-refractivity contribution < 1.29 is 13.2 Å². The van der Waals surface area contributed by atoms with Crippen LogP contribution in [0.25, 0.3) is 0 Å². The molecule has 0 saturated heterocycles. The summed E-state index contributed by atoms with van der Waals surface area (Å²) in [6.45, 7) is 1.01. The first kappa shape index (κ1) is 18.2. The topological polar surface area (TPSA) is 89.3 Å². The summed E-state index contributed by atoms with van der Waals surface area (Å²) in [5.41, 5.74) is 5.43. The van der Waals surface area contributed by atoms with Crippen molar-refractivity contribution >= 4 is 27.3 Å². The number of hydrogen-bond acceptors (Lipinski definition) is 4. The van der Waals surface area contributed by atoms with E-state index in [2.05, 4.69) is 5.32 Å². The van der Waals surface area contributed by atoms with Crippen molar-refractivity contribution in [2.24, 2.45) is 5.73 Å². The zero-order chi connectivity index (χ0) is 16.9. The highest BCUT2D eigenvalue weighted by atomic mass is 35.5. The lowest BCUT2D eigenvalue weighted by molar-refractivity contribution is -0.123. The quantitative estimate of drug-likeness (QED) is 0.732. The van der Waals surface area contributed by atoms with Gasteiger partial charge in [-0.05, 0) is 56.5 Å². The first-order valence-corrected chi connectivity index (χ1v) is 9.79. The van der Waals surface area contributed by atoms with Crippen molar-refractivity contribution in [1.29, 1.82) is 0 Å². The van der Waals surface area contributed by atoms with Gasteiger partial charge in [-0.3, -0.25) is 4.79 Å². The number of amides is 1. The van der Waals surface area contributed by atoms with Crippen molar-refractivity contribution in [3.63, 3.8) is 0 Å². The van der Waals surface area contributed by atoms with Gasteiger partial charge in [0.1, 0.15) is 0 Å². The zero-order valence-corrected chi connectivity index (χ0v) is 14.6. The molecule has 0 unspecified atom stereocenters. The average molecular weight is 359 g/mol. The summed E-state index contributed by atoms with van der Waals surface area (Å²) in [4.78, 5) is 12.8. The SMILES string of the molecule is NCCCCNC(=O)C1(S(=O)(=O)c2ccc(Cl)cc2)CCCC1.